The van der Waals surface area contributed by atoms with Gasteiger partial charge in [0.15, 0.2) is 0 Å². The Morgan fingerprint density at radius 3 is 1.72 bits per heavy atom. The molecule has 0 aromatic heterocycles. The third-order valence-corrected chi connectivity index (χ3v) is 3.42. The lowest BCUT2D eigenvalue weighted by Crippen LogP contribution is -2.04. The van der Waals surface area contributed by atoms with Crippen LogP contribution < -0.4 is 5.32 Å². The van der Waals surface area contributed by atoms with Crippen molar-refractivity contribution in [3.05, 3.63) is 27.8 Å². The summed E-state index contributed by atoms with van der Waals surface area (Å²) < 4.78 is 0. The smallest absolute Gasteiger partial charge is 0.228 e. The topological polar surface area (TPSA) is 29.1 Å². The van der Waals surface area contributed by atoms with Crippen LogP contribution in [0.4, 0.5) is 5.69 Å². The summed E-state index contributed by atoms with van der Waals surface area (Å²) in [5.74, 6) is 0.121. The SMILES string of the molecule is CC.CC.Cc1c(C)c(C)c2c(c1C)CC(=O)N2. The van der Waals surface area contributed by atoms with Gasteiger partial charge < -0.3 is 5.32 Å². The van der Waals surface area contributed by atoms with Gasteiger partial charge in [-0.25, -0.2) is 0 Å². The van der Waals surface area contributed by atoms with E-state index in [2.05, 4.69) is 33.0 Å². The molecule has 1 aliphatic rings. The molecule has 0 saturated heterocycles. The van der Waals surface area contributed by atoms with Crippen LogP contribution in [-0.4, -0.2) is 5.91 Å². The molecule has 0 bridgehead atoms. The first-order chi connectivity index (χ1) is 8.52. The number of benzene rings is 1. The van der Waals surface area contributed by atoms with Crippen LogP contribution in [0.5, 0.6) is 0 Å². The summed E-state index contributed by atoms with van der Waals surface area (Å²) >= 11 is 0. The molecule has 0 radical (unpaired) electrons. The minimum absolute atomic E-state index is 0.121. The Morgan fingerprint density at radius 2 is 1.22 bits per heavy atom. The largest absolute Gasteiger partial charge is 0.325 e. The van der Waals surface area contributed by atoms with E-state index in [9.17, 15) is 4.79 Å². The van der Waals surface area contributed by atoms with Crippen LogP contribution in [0, 0.1) is 27.7 Å². The average Bonchev–Trinajstić information content (AvgIpc) is 2.81. The first kappa shape index (κ1) is 16.7. The second-order valence-electron chi connectivity index (χ2n) is 4.08. The lowest BCUT2D eigenvalue weighted by molar-refractivity contribution is -0.115. The first-order valence-electron chi connectivity index (χ1n) is 6.91. The van der Waals surface area contributed by atoms with E-state index in [0.717, 1.165) is 5.69 Å². The summed E-state index contributed by atoms with van der Waals surface area (Å²) in [7, 11) is 0. The predicted molar refractivity (Wildman–Crippen MR) is 80.4 cm³/mol. The normalized spacial score (nSPS) is 11.7. The van der Waals surface area contributed by atoms with Crippen LogP contribution in [0.25, 0.3) is 0 Å². The molecular formula is C16H27NO. The van der Waals surface area contributed by atoms with E-state index in [4.69, 9.17) is 0 Å². The van der Waals surface area contributed by atoms with E-state index in [0.29, 0.717) is 6.42 Å². The number of nitrogens with one attached hydrogen (secondary N) is 1. The van der Waals surface area contributed by atoms with E-state index in [1.807, 2.05) is 27.7 Å². The molecule has 1 aromatic rings. The fourth-order valence-electron chi connectivity index (χ4n) is 2.12. The molecule has 18 heavy (non-hydrogen) atoms. The molecular weight excluding hydrogens is 222 g/mol. The fourth-order valence-corrected chi connectivity index (χ4v) is 2.12. The lowest BCUT2D eigenvalue weighted by Gasteiger charge is -2.14. The highest BCUT2D eigenvalue weighted by molar-refractivity contribution is 6.01. The van der Waals surface area contributed by atoms with Crippen molar-refractivity contribution in [3.8, 4) is 0 Å². The molecule has 1 amide bonds. The molecule has 0 atom stereocenters. The highest BCUT2D eigenvalue weighted by Crippen LogP contribution is 2.34. The van der Waals surface area contributed by atoms with Crippen LogP contribution in [0.15, 0.2) is 0 Å². The number of carbonyl (C=O) groups excluding carboxylic acids is 1. The van der Waals surface area contributed by atoms with Crippen LogP contribution >= 0.6 is 0 Å². The molecule has 0 saturated carbocycles. The molecule has 0 aliphatic carbocycles. The number of anilines is 1. The Labute approximate surface area is 112 Å². The van der Waals surface area contributed by atoms with Crippen molar-refractivity contribution in [1.82, 2.24) is 0 Å². The van der Waals surface area contributed by atoms with Crippen molar-refractivity contribution in [2.75, 3.05) is 5.32 Å². The summed E-state index contributed by atoms with van der Waals surface area (Å²) in [6.45, 7) is 16.4. The van der Waals surface area contributed by atoms with E-state index < -0.39 is 0 Å². The van der Waals surface area contributed by atoms with Gasteiger partial charge in [0.25, 0.3) is 0 Å². The zero-order chi connectivity index (χ0) is 14.5. The molecule has 0 unspecified atom stereocenters. The van der Waals surface area contributed by atoms with Gasteiger partial charge in [-0.1, -0.05) is 27.7 Å². The first-order valence-corrected chi connectivity index (χ1v) is 6.91. The van der Waals surface area contributed by atoms with Crippen molar-refractivity contribution in [1.29, 1.82) is 0 Å². The molecule has 2 nitrogen and oxygen atoms in total. The van der Waals surface area contributed by atoms with E-state index >= 15 is 0 Å². The second-order valence-corrected chi connectivity index (χ2v) is 4.08. The minimum Gasteiger partial charge on any atom is -0.325 e. The third kappa shape index (κ3) is 2.92. The van der Waals surface area contributed by atoms with Gasteiger partial charge in [-0.05, 0) is 55.5 Å². The van der Waals surface area contributed by atoms with E-state index in [-0.39, 0.29) is 5.91 Å². The van der Waals surface area contributed by atoms with E-state index in [1.54, 1.807) is 0 Å². The highest BCUT2D eigenvalue weighted by Gasteiger charge is 2.23. The van der Waals surface area contributed by atoms with Crippen LogP contribution in [0.2, 0.25) is 0 Å². The summed E-state index contributed by atoms with van der Waals surface area (Å²) in [5, 5.41) is 2.94. The maximum atomic E-state index is 11.3. The summed E-state index contributed by atoms with van der Waals surface area (Å²) in [5.41, 5.74) is 7.34. The van der Waals surface area contributed by atoms with Gasteiger partial charge in [-0.3, -0.25) is 4.79 Å². The zero-order valence-electron chi connectivity index (χ0n) is 13.1. The molecule has 1 aromatic carbocycles. The zero-order valence-corrected chi connectivity index (χ0v) is 13.1. The van der Waals surface area contributed by atoms with Crippen LogP contribution in [0.3, 0.4) is 0 Å². The van der Waals surface area contributed by atoms with Crippen molar-refractivity contribution < 1.29 is 4.79 Å². The summed E-state index contributed by atoms with van der Waals surface area (Å²) in [4.78, 5) is 11.3. The van der Waals surface area contributed by atoms with Gasteiger partial charge in [0.1, 0.15) is 0 Å². The quantitative estimate of drug-likeness (QED) is 0.722. The van der Waals surface area contributed by atoms with Gasteiger partial charge in [0.05, 0.1) is 6.42 Å². The van der Waals surface area contributed by atoms with Gasteiger partial charge in [-0.15, -0.1) is 0 Å². The summed E-state index contributed by atoms with van der Waals surface area (Å²) in [6, 6.07) is 0. The van der Waals surface area contributed by atoms with Gasteiger partial charge in [0, 0.05) is 5.69 Å². The molecule has 2 heteroatoms. The number of hydrogen-bond acceptors (Lipinski definition) is 1. The minimum atomic E-state index is 0.121. The Kier molecular flexibility index (Phi) is 6.67. The Balaban J connectivity index is 0.000000659. The van der Waals surface area contributed by atoms with Gasteiger partial charge >= 0.3 is 0 Å². The number of rotatable bonds is 0. The van der Waals surface area contributed by atoms with Crippen molar-refractivity contribution >= 4 is 11.6 Å². The standard InChI is InChI=1S/C12H15NO.2C2H6/c1-6-7(2)9(4)12-10(8(6)3)5-11(14)13-12;2*1-2/h5H2,1-4H3,(H,13,14);2*1-2H3. The van der Waals surface area contributed by atoms with Gasteiger partial charge in [-0.2, -0.15) is 0 Å². The third-order valence-electron chi connectivity index (χ3n) is 3.42. The van der Waals surface area contributed by atoms with Crippen LogP contribution in [-0.2, 0) is 11.2 Å². The predicted octanol–water partition coefficient (Wildman–Crippen LogP) is 4.47. The molecule has 1 N–H and O–H groups in total. The molecule has 2 rings (SSSR count). The molecule has 0 spiro atoms. The monoisotopic (exact) mass is 249 g/mol. The molecule has 1 aliphatic heterocycles. The fraction of sp³-hybridized carbons (Fsp3) is 0.562. The van der Waals surface area contributed by atoms with Crippen molar-refractivity contribution in [2.45, 2.75) is 61.8 Å². The van der Waals surface area contributed by atoms with Crippen molar-refractivity contribution in [2.24, 2.45) is 0 Å². The Morgan fingerprint density at radius 1 is 0.778 bits per heavy atom. The summed E-state index contributed by atoms with van der Waals surface area (Å²) in [6.07, 6.45) is 0.545. The number of amides is 1. The van der Waals surface area contributed by atoms with Gasteiger partial charge in [0.2, 0.25) is 5.91 Å². The molecule has 1 heterocycles. The lowest BCUT2D eigenvalue weighted by atomic mass is 9.92. The number of carbonyl (C=O) groups is 1. The maximum absolute atomic E-state index is 11.3. The number of hydrogen-bond donors (Lipinski definition) is 1. The maximum Gasteiger partial charge on any atom is 0.228 e. The second kappa shape index (κ2) is 7.20. The van der Waals surface area contributed by atoms with Crippen molar-refractivity contribution in [3.63, 3.8) is 0 Å². The Bertz CT molecular complexity index is 394. The average molecular weight is 249 g/mol. The number of fused-ring (bicyclic) bond motifs is 1. The molecule has 0 fully saturated rings. The van der Waals surface area contributed by atoms with Crippen LogP contribution in [0.1, 0.15) is 55.5 Å². The molecule has 102 valence electrons. The highest BCUT2D eigenvalue weighted by atomic mass is 16.1. The Hall–Kier alpha value is -1.31. The van der Waals surface area contributed by atoms with E-state index in [1.165, 1.54) is 27.8 Å².